The number of hydrogen-bond acceptors (Lipinski definition) is 7. The molecule has 1 atom stereocenters. The standard InChI is InChI=1S/C22H26O7/c1-5-27-20(23)19(21(24)28-6-2)22(26-4,16-12-8-7-9-13-16)29-18-15-11-10-14-17(18)25-3/h7-15,19H,5-6H2,1-4H3. The third-order valence-electron chi connectivity index (χ3n) is 4.23. The highest BCUT2D eigenvalue weighted by atomic mass is 16.7. The van der Waals surface area contributed by atoms with Gasteiger partial charge in [-0.25, -0.2) is 0 Å². The molecule has 7 heteroatoms. The number of carbonyl (C=O) groups excluding carboxylic acids is 2. The molecule has 1 unspecified atom stereocenters. The molecule has 2 rings (SSSR count). The summed E-state index contributed by atoms with van der Waals surface area (Å²) in [7, 11) is 2.85. The molecule has 7 nitrogen and oxygen atoms in total. The Bertz CT molecular complexity index is 788. The lowest BCUT2D eigenvalue weighted by atomic mass is 9.90. The van der Waals surface area contributed by atoms with E-state index >= 15 is 0 Å². The Morgan fingerprint density at radius 1 is 0.828 bits per heavy atom. The summed E-state index contributed by atoms with van der Waals surface area (Å²) in [5.74, 6) is -4.29. The zero-order chi connectivity index (χ0) is 21.3. The van der Waals surface area contributed by atoms with Gasteiger partial charge in [0.05, 0.1) is 20.3 Å². The van der Waals surface area contributed by atoms with Crippen LogP contribution in [0.15, 0.2) is 54.6 Å². The van der Waals surface area contributed by atoms with Crippen LogP contribution < -0.4 is 9.47 Å². The van der Waals surface area contributed by atoms with Crippen molar-refractivity contribution in [3.63, 3.8) is 0 Å². The number of esters is 2. The van der Waals surface area contributed by atoms with Crippen molar-refractivity contribution in [3.05, 3.63) is 60.2 Å². The summed E-state index contributed by atoms with van der Waals surface area (Å²) in [6, 6.07) is 15.6. The molecule has 0 fully saturated rings. The maximum absolute atomic E-state index is 12.9. The molecule has 0 aliphatic rings. The Morgan fingerprint density at radius 3 is 1.83 bits per heavy atom. The minimum absolute atomic E-state index is 0.0813. The molecule has 156 valence electrons. The number of rotatable bonds is 10. The number of methoxy groups -OCH3 is 2. The Kier molecular flexibility index (Phi) is 8.03. The second-order valence-corrected chi connectivity index (χ2v) is 5.93. The minimum Gasteiger partial charge on any atom is -0.493 e. The SMILES string of the molecule is CCOC(=O)C(C(=O)OCC)C(OC)(Oc1ccccc1OC)c1ccccc1. The molecule has 0 N–H and O–H groups in total. The summed E-state index contributed by atoms with van der Waals surface area (Å²) in [6.07, 6.45) is 0. The quantitative estimate of drug-likeness (QED) is 0.343. The van der Waals surface area contributed by atoms with Crippen LogP contribution in [0, 0.1) is 5.92 Å². The van der Waals surface area contributed by atoms with Crippen molar-refractivity contribution in [3.8, 4) is 11.5 Å². The van der Waals surface area contributed by atoms with E-state index < -0.39 is 23.6 Å². The number of benzene rings is 2. The number of hydrogen-bond donors (Lipinski definition) is 0. The Morgan fingerprint density at radius 2 is 1.34 bits per heavy atom. The van der Waals surface area contributed by atoms with Crippen LogP contribution in [0.1, 0.15) is 19.4 Å². The fourth-order valence-corrected chi connectivity index (χ4v) is 2.96. The van der Waals surface area contributed by atoms with Gasteiger partial charge in [-0.05, 0) is 26.0 Å². The van der Waals surface area contributed by atoms with Crippen LogP contribution in [0.5, 0.6) is 11.5 Å². The van der Waals surface area contributed by atoms with Crippen LogP contribution in [0.3, 0.4) is 0 Å². The zero-order valence-corrected chi connectivity index (χ0v) is 17.0. The van der Waals surface area contributed by atoms with Crippen molar-refractivity contribution in [1.29, 1.82) is 0 Å². The topological polar surface area (TPSA) is 80.3 Å². The van der Waals surface area contributed by atoms with Crippen molar-refractivity contribution in [1.82, 2.24) is 0 Å². The maximum atomic E-state index is 12.9. The molecule has 0 aromatic heterocycles. The van der Waals surface area contributed by atoms with Gasteiger partial charge in [-0.15, -0.1) is 0 Å². The molecular weight excluding hydrogens is 376 g/mol. The van der Waals surface area contributed by atoms with Crippen LogP contribution in [-0.2, 0) is 29.6 Å². The number of para-hydroxylation sites is 2. The van der Waals surface area contributed by atoms with Gasteiger partial charge in [0, 0.05) is 12.7 Å². The van der Waals surface area contributed by atoms with Gasteiger partial charge < -0.3 is 23.7 Å². The molecular formula is C22H26O7. The lowest BCUT2D eigenvalue weighted by Crippen LogP contribution is -2.51. The highest BCUT2D eigenvalue weighted by Gasteiger charge is 2.54. The fourth-order valence-electron chi connectivity index (χ4n) is 2.96. The molecule has 0 saturated carbocycles. The zero-order valence-electron chi connectivity index (χ0n) is 17.0. The van der Waals surface area contributed by atoms with Gasteiger partial charge in [0.25, 0.3) is 5.79 Å². The second-order valence-electron chi connectivity index (χ2n) is 5.93. The Hall–Kier alpha value is -3.06. The molecule has 29 heavy (non-hydrogen) atoms. The first kappa shape index (κ1) is 22.2. The highest BCUT2D eigenvalue weighted by Crippen LogP contribution is 2.40. The van der Waals surface area contributed by atoms with Gasteiger partial charge in [0.2, 0.25) is 5.92 Å². The average molecular weight is 402 g/mol. The average Bonchev–Trinajstić information content (AvgIpc) is 2.74. The van der Waals surface area contributed by atoms with Gasteiger partial charge in [-0.1, -0.05) is 42.5 Å². The van der Waals surface area contributed by atoms with Crippen molar-refractivity contribution in [2.75, 3.05) is 27.4 Å². The Balaban J connectivity index is 2.69. The first-order valence-corrected chi connectivity index (χ1v) is 9.30. The number of ether oxygens (including phenoxy) is 5. The molecule has 0 heterocycles. The van der Waals surface area contributed by atoms with E-state index in [4.69, 9.17) is 23.7 Å². The predicted molar refractivity (Wildman–Crippen MR) is 106 cm³/mol. The van der Waals surface area contributed by atoms with E-state index in [0.29, 0.717) is 17.1 Å². The summed E-state index contributed by atoms with van der Waals surface area (Å²) in [5, 5.41) is 0. The fraction of sp³-hybridized carbons (Fsp3) is 0.364. The smallest absolute Gasteiger partial charge is 0.327 e. The van der Waals surface area contributed by atoms with E-state index in [1.807, 2.05) is 0 Å². The third-order valence-corrected chi connectivity index (χ3v) is 4.23. The normalized spacial score (nSPS) is 12.7. The van der Waals surface area contributed by atoms with Gasteiger partial charge >= 0.3 is 11.9 Å². The van der Waals surface area contributed by atoms with Crippen LogP contribution in [-0.4, -0.2) is 39.4 Å². The molecule has 0 aliphatic heterocycles. The van der Waals surface area contributed by atoms with Gasteiger partial charge in [0.15, 0.2) is 11.5 Å². The van der Waals surface area contributed by atoms with E-state index in [9.17, 15) is 9.59 Å². The van der Waals surface area contributed by atoms with Crippen molar-refractivity contribution >= 4 is 11.9 Å². The van der Waals surface area contributed by atoms with E-state index in [0.717, 1.165) is 0 Å². The maximum Gasteiger partial charge on any atom is 0.327 e. The largest absolute Gasteiger partial charge is 0.493 e. The van der Waals surface area contributed by atoms with Gasteiger partial charge in [-0.2, -0.15) is 0 Å². The first-order chi connectivity index (χ1) is 14.0. The van der Waals surface area contributed by atoms with E-state index in [-0.39, 0.29) is 13.2 Å². The van der Waals surface area contributed by atoms with Crippen LogP contribution in [0.4, 0.5) is 0 Å². The molecule has 2 aromatic carbocycles. The molecule has 0 spiro atoms. The van der Waals surface area contributed by atoms with Crippen LogP contribution in [0.25, 0.3) is 0 Å². The molecule has 2 aromatic rings. The predicted octanol–water partition coefficient (Wildman–Crippen LogP) is 3.32. The lowest BCUT2D eigenvalue weighted by molar-refractivity contribution is -0.227. The Labute approximate surface area is 170 Å². The molecule has 0 bridgehead atoms. The van der Waals surface area contributed by atoms with Gasteiger partial charge in [-0.3, -0.25) is 9.59 Å². The monoisotopic (exact) mass is 402 g/mol. The molecule has 0 radical (unpaired) electrons. The van der Waals surface area contributed by atoms with Crippen LogP contribution >= 0.6 is 0 Å². The molecule has 0 aliphatic carbocycles. The third kappa shape index (κ3) is 4.86. The van der Waals surface area contributed by atoms with E-state index in [2.05, 4.69) is 0 Å². The number of carbonyl (C=O) groups is 2. The summed E-state index contributed by atoms with van der Waals surface area (Å²) in [6.45, 7) is 3.46. The van der Waals surface area contributed by atoms with Crippen molar-refractivity contribution < 1.29 is 33.3 Å². The minimum atomic E-state index is -1.84. The molecule has 0 saturated heterocycles. The van der Waals surface area contributed by atoms with Crippen LogP contribution in [0.2, 0.25) is 0 Å². The lowest BCUT2D eigenvalue weighted by Gasteiger charge is -2.37. The van der Waals surface area contributed by atoms with Crippen molar-refractivity contribution in [2.45, 2.75) is 19.6 Å². The van der Waals surface area contributed by atoms with E-state index in [1.165, 1.54) is 14.2 Å². The van der Waals surface area contributed by atoms with E-state index in [1.54, 1.807) is 68.4 Å². The van der Waals surface area contributed by atoms with Gasteiger partial charge in [0.1, 0.15) is 0 Å². The van der Waals surface area contributed by atoms with Crippen molar-refractivity contribution in [2.24, 2.45) is 5.92 Å². The summed E-state index contributed by atoms with van der Waals surface area (Å²) in [5.41, 5.74) is 0.444. The summed E-state index contributed by atoms with van der Waals surface area (Å²) < 4.78 is 27.6. The summed E-state index contributed by atoms with van der Waals surface area (Å²) >= 11 is 0. The highest BCUT2D eigenvalue weighted by molar-refractivity contribution is 5.96. The summed E-state index contributed by atoms with van der Waals surface area (Å²) in [4.78, 5) is 25.7. The second kappa shape index (κ2) is 10.5. The first-order valence-electron chi connectivity index (χ1n) is 9.30. The molecule has 0 amide bonds.